The number of aryl methyl sites for hydroxylation is 1. The number of nitrogens with zero attached hydrogens (tertiary/aromatic N) is 3. The molecular weight excluding hydrogens is 376 g/mol. The van der Waals surface area contributed by atoms with Gasteiger partial charge in [0.25, 0.3) is 0 Å². The van der Waals surface area contributed by atoms with E-state index in [9.17, 15) is 0 Å². The van der Waals surface area contributed by atoms with E-state index >= 15 is 0 Å². The van der Waals surface area contributed by atoms with Crippen LogP contribution in [-0.4, -0.2) is 28.6 Å². The maximum absolute atomic E-state index is 5.24. The Morgan fingerprint density at radius 2 is 1.89 bits per heavy atom. The van der Waals surface area contributed by atoms with Gasteiger partial charge >= 0.3 is 0 Å². The summed E-state index contributed by atoms with van der Waals surface area (Å²) in [6, 6.07) is 10.4. The Morgan fingerprint density at radius 3 is 2.63 bits per heavy atom. The Hall–Kier alpha value is -2.35. The SMILES string of the molecule is COCc1nc(NCCc2csc(C)n2)c2c(-c3ccccc3)csc2n1. The van der Waals surface area contributed by atoms with E-state index in [1.54, 1.807) is 29.8 Å². The third-order valence-electron chi connectivity index (χ3n) is 4.18. The summed E-state index contributed by atoms with van der Waals surface area (Å²) in [6.45, 7) is 3.20. The lowest BCUT2D eigenvalue weighted by atomic mass is 10.1. The number of hydrogen-bond acceptors (Lipinski definition) is 7. The van der Waals surface area contributed by atoms with E-state index in [0.29, 0.717) is 12.4 Å². The topological polar surface area (TPSA) is 59.9 Å². The van der Waals surface area contributed by atoms with Crippen LogP contribution in [-0.2, 0) is 17.8 Å². The molecule has 0 unspecified atom stereocenters. The smallest absolute Gasteiger partial charge is 0.158 e. The highest BCUT2D eigenvalue weighted by molar-refractivity contribution is 7.17. The normalized spacial score (nSPS) is 11.2. The molecule has 7 heteroatoms. The van der Waals surface area contributed by atoms with Crippen LogP contribution in [0, 0.1) is 6.92 Å². The Bertz CT molecular complexity index is 1040. The Balaban J connectivity index is 1.68. The molecule has 0 atom stereocenters. The van der Waals surface area contributed by atoms with Crippen molar-refractivity contribution < 1.29 is 4.74 Å². The van der Waals surface area contributed by atoms with E-state index in [1.807, 2.05) is 13.0 Å². The minimum atomic E-state index is 0.397. The lowest BCUT2D eigenvalue weighted by molar-refractivity contribution is 0.178. The number of nitrogens with one attached hydrogen (secondary N) is 1. The molecule has 0 saturated carbocycles. The van der Waals surface area contributed by atoms with Crippen molar-refractivity contribution in [3.05, 3.63) is 57.6 Å². The first-order valence-electron chi connectivity index (χ1n) is 8.72. The summed E-state index contributed by atoms with van der Waals surface area (Å²) in [5.41, 5.74) is 3.44. The lowest BCUT2D eigenvalue weighted by Crippen LogP contribution is -2.09. The zero-order valence-electron chi connectivity index (χ0n) is 15.2. The van der Waals surface area contributed by atoms with Crippen LogP contribution in [0.2, 0.25) is 0 Å². The van der Waals surface area contributed by atoms with Gasteiger partial charge in [-0.25, -0.2) is 15.0 Å². The van der Waals surface area contributed by atoms with Gasteiger partial charge in [-0.1, -0.05) is 30.3 Å². The van der Waals surface area contributed by atoms with E-state index in [1.165, 1.54) is 5.56 Å². The highest BCUT2D eigenvalue weighted by atomic mass is 32.1. The fourth-order valence-corrected chi connectivity index (χ4v) is 4.58. The molecule has 4 rings (SSSR count). The Morgan fingerprint density at radius 1 is 1.04 bits per heavy atom. The molecule has 1 N–H and O–H groups in total. The van der Waals surface area contributed by atoms with Crippen LogP contribution < -0.4 is 5.32 Å². The number of aromatic nitrogens is 3. The first kappa shape index (κ1) is 18.0. The predicted octanol–water partition coefficient (Wildman–Crippen LogP) is 4.92. The average molecular weight is 397 g/mol. The number of thiazole rings is 1. The minimum absolute atomic E-state index is 0.397. The third kappa shape index (κ3) is 4.00. The number of benzene rings is 1. The molecule has 0 radical (unpaired) electrons. The highest BCUT2D eigenvalue weighted by Gasteiger charge is 2.15. The summed E-state index contributed by atoms with van der Waals surface area (Å²) in [5.74, 6) is 1.55. The van der Waals surface area contributed by atoms with Gasteiger partial charge in [-0.15, -0.1) is 22.7 Å². The fraction of sp³-hybridized carbons (Fsp3) is 0.250. The van der Waals surface area contributed by atoms with Crippen LogP contribution in [0.3, 0.4) is 0 Å². The molecule has 0 amide bonds. The van der Waals surface area contributed by atoms with E-state index in [-0.39, 0.29) is 0 Å². The van der Waals surface area contributed by atoms with Crippen molar-refractivity contribution in [3.63, 3.8) is 0 Å². The summed E-state index contributed by atoms with van der Waals surface area (Å²) in [7, 11) is 1.66. The Kier molecular flexibility index (Phi) is 5.42. The van der Waals surface area contributed by atoms with Crippen molar-refractivity contribution >= 4 is 38.7 Å². The molecule has 0 aliphatic heterocycles. The number of fused-ring (bicyclic) bond motifs is 1. The number of methoxy groups -OCH3 is 1. The zero-order valence-corrected chi connectivity index (χ0v) is 16.9. The summed E-state index contributed by atoms with van der Waals surface area (Å²) in [6.07, 6.45) is 0.861. The summed E-state index contributed by atoms with van der Waals surface area (Å²) in [4.78, 5) is 14.9. The number of thiophene rings is 1. The van der Waals surface area contributed by atoms with Gasteiger partial charge in [0, 0.05) is 36.4 Å². The second-order valence-corrected chi connectivity index (χ2v) is 8.07. The largest absolute Gasteiger partial charge is 0.377 e. The zero-order chi connectivity index (χ0) is 18.6. The molecule has 0 fully saturated rings. The van der Waals surface area contributed by atoms with E-state index < -0.39 is 0 Å². The summed E-state index contributed by atoms with van der Waals surface area (Å²) >= 11 is 3.32. The first-order valence-corrected chi connectivity index (χ1v) is 10.5. The van der Waals surface area contributed by atoms with Crippen LogP contribution in [0.1, 0.15) is 16.5 Å². The molecule has 4 aromatic rings. The summed E-state index contributed by atoms with van der Waals surface area (Å²) in [5, 5.41) is 9.94. The molecular formula is C20H20N4OS2. The van der Waals surface area contributed by atoms with Crippen LogP contribution in [0.25, 0.3) is 21.3 Å². The van der Waals surface area contributed by atoms with E-state index in [4.69, 9.17) is 9.72 Å². The van der Waals surface area contributed by atoms with Gasteiger partial charge in [-0.2, -0.15) is 0 Å². The van der Waals surface area contributed by atoms with Crippen LogP contribution >= 0.6 is 22.7 Å². The van der Waals surface area contributed by atoms with Gasteiger partial charge in [0.05, 0.1) is 16.1 Å². The second-order valence-electron chi connectivity index (χ2n) is 6.15. The fourth-order valence-electron chi connectivity index (χ4n) is 2.97. The second kappa shape index (κ2) is 8.12. The lowest BCUT2D eigenvalue weighted by Gasteiger charge is -2.10. The van der Waals surface area contributed by atoms with Gasteiger partial charge in [-0.3, -0.25) is 0 Å². The maximum atomic E-state index is 5.24. The molecule has 1 aromatic carbocycles. The van der Waals surface area contributed by atoms with Crippen molar-refractivity contribution in [2.45, 2.75) is 20.0 Å². The van der Waals surface area contributed by atoms with Crippen molar-refractivity contribution in [2.24, 2.45) is 0 Å². The predicted molar refractivity (Wildman–Crippen MR) is 113 cm³/mol. The molecule has 3 heterocycles. The maximum Gasteiger partial charge on any atom is 0.158 e. The molecule has 27 heavy (non-hydrogen) atoms. The molecule has 0 bridgehead atoms. The quantitative estimate of drug-likeness (QED) is 0.480. The van der Waals surface area contributed by atoms with Crippen LogP contribution in [0.5, 0.6) is 0 Å². The van der Waals surface area contributed by atoms with E-state index in [2.05, 4.69) is 50.3 Å². The van der Waals surface area contributed by atoms with Gasteiger partial charge in [-0.05, 0) is 12.5 Å². The number of ether oxygens (including phenoxy) is 1. The van der Waals surface area contributed by atoms with Gasteiger partial charge < -0.3 is 10.1 Å². The average Bonchev–Trinajstić information content (AvgIpc) is 3.29. The minimum Gasteiger partial charge on any atom is -0.377 e. The van der Waals surface area contributed by atoms with E-state index in [0.717, 1.165) is 45.3 Å². The van der Waals surface area contributed by atoms with Crippen molar-refractivity contribution in [1.82, 2.24) is 15.0 Å². The number of rotatable bonds is 7. The molecule has 5 nitrogen and oxygen atoms in total. The monoisotopic (exact) mass is 396 g/mol. The highest BCUT2D eigenvalue weighted by Crippen LogP contribution is 2.37. The van der Waals surface area contributed by atoms with Gasteiger partial charge in [0.1, 0.15) is 17.3 Å². The number of anilines is 1. The van der Waals surface area contributed by atoms with Crippen molar-refractivity contribution in [3.8, 4) is 11.1 Å². The standard InChI is InChI=1S/C20H20N4OS2/c1-13-22-15(11-26-13)8-9-21-19-18-16(14-6-4-3-5-7-14)12-27-20(18)24-17(23-19)10-25-2/h3-7,11-12H,8-10H2,1-2H3,(H,21,23,24). The molecule has 0 aliphatic carbocycles. The molecule has 0 aliphatic rings. The number of hydrogen-bond donors (Lipinski definition) is 1. The van der Waals surface area contributed by atoms with Crippen molar-refractivity contribution in [2.75, 3.05) is 19.0 Å². The summed E-state index contributed by atoms with van der Waals surface area (Å²) < 4.78 is 5.24. The first-order chi connectivity index (χ1) is 13.2. The van der Waals surface area contributed by atoms with Gasteiger partial charge in [0.15, 0.2) is 5.82 Å². The van der Waals surface area contributed by atoms with Crippen molar-refractivity contribution in [1.29, 1.82) is 0 Å². The third-order valence-corrected chi connectivity index (χ3v) is 5.87. The molecule has 138 valence electrons. The Labute approximate surface area is 166 Å². The van der Waals surface area contributed by atoms with Gasteiger partial charge in [0.2, 0.25) is 0 Å². The van der Waals surface area contributed by atoms with Crippen LogP contribution in [0.4, 0.5) is 5.82 Å². The molecule has 0 spiro atoms. The van der Waals surface area contributed by atoms with Crippen LogP contribution in [0.15, 0.2) is 41.1 Å². The molecule has 3 aromatic heterocycles. The molecule has 0 saturated heterocycles.